The van der Waals surface area contributed by atoms with Crippen molar-refractivity contribution in [3.63, 3.8) is 0 Å². The minimum absolute atomic E-state index is 0.0404. The number of nitrogens with two attached hydrogens (primary N) is 2. The first-order valence-corrected chi connectivity index (χ1v) is 11.3. The van der Waals surface area contributed by atoms with Crippen LogP contribution in [0.15, 0.2) is 52.9 Å². The maximum absolute atomic E-state index is 6.48. The number of aryl methyl sites for hydroxylation is 1. The van der Waals surface area contributed by atoms with E-state index in [1.54, 1.807) is 23.1 Å². The molecule has 0 fully saturated rings. The summed E-state index contributed by atoms with van der Waals surface area (Å²) in [4.78, 5) is 0. The predicted molar refractivity (Wildman–Crippen MR) is 123 cm³/mol. The Kier molecular flexibility index (Phi) is 4.79. The van der Waals surface area contributed by atoms with Gasteiger partial charge in [0.05, 0.1) is 12.1 Å². The molecule has 4 aromatic rings. The molecular weight excluding hydrogens is 400 g/mol. The lowest BCUT2D eigenvalue weighted by atomic mass is 10.1. The van der Waals surface area contributed by atoms with Crippen molar-refractivity contribution in [2.45, 2.75) is 24.9 Å². The van der Waals surface area contributed by atoms with Crippen LogP contribution in [0.4, 0.5) is 0 Å². The molecule has 0 aliphatic carbocycles. The number of H-pyrrole nitrogens is 1. The standard InChI is InChI=1S/C21H22N6S2/c1-12-17-9-13(6-7-18(17)25-24-12)20-26-27(21(23)29-20)10-15(22)8-14-11-28-19-5-3-2-4-16(14)19/h2-7,9,11,15,21H,8,10,22-23H2,1H3,(H,24,25)/t15-,21?/m1/s1. The third-order valence-corrected chi connectivity index (χ3v) is 7.24. The second kappa shape index (κ2) is 7.46. The first-order chi connectivity index (χ1) is 14.1. The fourth-order valence-electron chi connectivity index (χ4n) is 3.69. The zero-order valence-corrected chi connectivity index (χ0v) is 17.6. The third kappa shape index (κ3) is 3.53. The molecule has 2 aromatic carbocycles. The molecule has 0 saturated heterocycles. The number of hydrogen-bond donors (Lipinski definition) is 3. The van der Waals surface area contributed by atoms with Crippen LogP contribution in [0.5, 0.6) is 0 Å². The molecule has 1 aliphatic rings. The van der Waals surface area contributed by atoms with Gasteiger partial charge in [-0.05, 0) is 53.9 Å². The highest BCUT2D eigenvalue weighted by atomic mass is 32.2. The number of aromatic nitrogens is 2. The van der Waals surface area contributed by atoms with E-state index in [2.05, 4.69) is 45.9 Å². The molecule has 1 unspecified atom stereocenters. The number of hydrazone groups is 1. The Balaban J connectivity index is 1.32. The average molecular weight is 423 g/mol. The smallest absolute Gasteiger partial charge is 0.147 e. The first-order valence-electron chi connectivity index (χ1n) is 9.52. The zero-order valence-electron chi connectivity index (χ0n) is 16.0. The van der Waals surface area contributed by atoms with Crippen molar-refractivity contribution in [1.82, 2.24) is 15.2 Å². The number of nitrogens with zero attached hydrogens (tertiary/aromatic N) is 3. The number of benzene rings is 2. The summed E-state index contributed by atoms with van der Waals surface area (Å²) in [5.74, 6) is 0. The fraction of sp³-hybridized carbons (Fsp3) is 0.238. The number of nitrogens with one attached hydrogen (secondary N) is 1. The molecule has 0 amide bonds. The fourth-order valence-corrected chi connectivity index (χ4v) is 5.57. The van der Waals surface area contributed by atoms with Gasteiger partial charge in [0.15, 0.2) is 0 Å². The van der Waals surface area contributed by atoms with Gasteiger partial charge in [-0.1, -0.05) is 30.0 Å². The van der Waals surface area contributed by atoms with Gasteiger partial charge in [-0.15, -0.1) is 11.3 Å². The van der Waals surface area contributed by atoms with Crippen LogP contribution in [0.1, 0.15) is 16.8 Å². The first kappa shape index (κ1) is 18.6. The molecular formula is C21H22N6S2. The second-order valence-electron chi connectivity index (χ2n) is 7.34. The summed E-state index contributed by atoms with van der Waals surface area (Å²) in [5, 5.41) is 19.5. The van der Waals surface area contributed by atoms with Crippen LogP contribution in [0, 0.1) is 6.92 Å². The van der Waals surface area contributed by atoms with Gasteiger partial charge in [-0.2, -0.15) is 10.2 Å². The summed E-state index contributed by atoms with van der Waals surface area (Å²) >= 11 is 3.33. The van der Waals surface area contributed by atoms with Crippen LogP contribution in [0.2, 0.25) is 0 Å². The number of fused-ring (bicyclic) bond motifs is 2. The number of rotatable bonds is 5. The van der Waals surface area contributed by atoms with E-state index in [4.69, 9.17) is 16.6 Å². The summed E-state index contributed by atoms with van der Waals surface area (Å²) in [7, 11) is 0. The van der Waals surface area contributed by atoms with Crippen molar-refractivity contribution in [3.05, 3.63) is 64.7 Å². The lowest BCUT2D eigenvalue weighted by Gasteiger charge is -2.22. The molecule has 0 radical (unpaired) electrons. The minimum atomic E-state index is -0.226. The van der Waals surface area contributed by atoms with Crippen LogP contribution in [0.3, 0.4) is 0 Å². The Morgan fingerprint density at radius 1 is 1.21 bits per heavy atom. The largest absolute Gasteiger partial charge is 0.326 e. The third-order valence-electron chi connectivity index (χ3n) is 5.20. The van der Waals surface area contributed by atoms with Crippen molar-refractivity contribution in [2.24, 2.45) is 16.6 Å². The van der Waals surface area contributed by atoms with E-state index in [0.717, 1.165) is 33.6 Å². The molecule has 148 valence electrons. The SMILES string of the molecule is Cc1[nH]nc2ccc(C3=NN(C[C@H](N)Cc4csc5ccccc45)C(N)S3)cc12. The van der Waals surface area contributed by atoms with Gasteiger partial charge in [0, 0.05) is 27.4 Å². The Hall–Kier alpha value is -2.39. The molecule has 3 heterocycles. The zero-order chi connectivity index (χ0) is 20.0. The second-order valence-corrected chi connectivity index (χ2v) is 9.35. The van der Waals surface area contributed by atoms with E-state index in [-0.39, 0.29) is 11.5 Å². The predicted octanol–water partition coefficient (Wildman–Crippen LogP) is 3.61. The van der Waals surface area contributed by atoms with Crippen molar-refractivity contribution >= 4 is 49.1 Å². The lowest BCUT2D eigenvalue weighted by molar-refractivity contribution is 0.261. The van der Waals surface area contributed by atoms with E-state index < -0.39 is 0 Å². The normalized spacial score (nSPS) is 18.0. The molecule has 1 aliphatic heterocycles. The van der Waals surface area contributed by atoms with Crippen molar-refractivity contribution in [1.29, 1.82) is 0 Å². The van der Waals surface area contributed by atoms with Crippen LogP contribution < -0.4 is 11.5 Å². The van der Waals surface area contributed by atoms with Crippen LogP contribution >= 0.6 is 23.1 Å². The van der Waals surface area contributed by atoms with Crippen LogP contribution in [-0.2, 0) is 6.42 Å². The summed E-state index contributed by atoms with van der Waals surface area (Å²) in [6, 6.07) is 14.6. The van der Waals surface area contributed by atoms with Crippen molar-refractivity contribution < 1.29 is 0 Å². The molecule has 5 N–H and O–H groups in total. The highest BCUT2D eigenvalue weighted by Crippen LogP contribution is 2.30. The summed E-state index contributed by atoms with van der Waals surface area (Å²) in [6.45, 7) is 2.64. The van der Waals surface area contributed by atoms with Gasteiger partial charge in [0.1, 0.15) is 10.5 Å². The number of thioether (sulfide) groups is 1. The topological polar surface area (TPSA) is 96.3 Å². The molecule has 0 bridgehead atoms. The Bertz CT molecular complexity index is 1210. The van der Waals surface area contributed by atoms with Crippen LogP contribution in [0.25, 0.3) is 21.0 Å². The van der Waals surface area contributed by atoms with Crippen molar-refractivity contribution in [3.8, 4) is 0 Å². The number of hydrogen-bond acceptors (Lipinski definition) is 7. The van der Waals surface area contributed by atoms with Gasteiger partial charge in [0.25, 0.3) is 0 Å². The Morgan fingerprint density at radius 2 is 2.07 bits per heavy atom. The van der Waals surface area contributed by atoms with Gasteiger partial charge >= 0.3 is 0 Å². The van der Waals surface area contributed by atoms with Gasteiger partial charge in [-0.25, -0.2) is 0 Å². The van der Waals surface area contributed by atoms with E-state index >= 15 is 0 Å². The van der Waals surface area contributed by atoms with Crippen molar-refractivity contribution in [2.75, 3.05) is 6.54 Å². The molecule has 2 atom stereocenters. The maximum atomic E-state index is 6.48. The Morgan fingerprint density at radius 3 is 2.97 bits per heavy atom. The maximum Gasteiger partial charge on any atom is 0.147 e. The van der Waals surface area contributed by atoms with E-state index in [1.807, 2.05) is 24.1 Å². The monoisotopic (exact) mass is 422 g/mol. The molecule has 29 heavy (non-hydrogen) atoms. The van der Waals surface area contributed by atoms with E-state index in [1.165, 1.54) is 15.6 Å². The Labute approximate surface area is 177 Å². The number of aromatic amines is 1. The molecule has 0 saturated carbocycles. The molecule has 8 heteroatoms. The lowest BCUT2D eigenvalue weighted by Crippen LogP contribution is -2.41. The van der Waals surface area contributed by atoms with Crippen LogP contribution in [-0.4, -0.2) is 38.3 Å². The van der Waals surface area contributed by atoms with Gasteiger partial charge in [-0.3, -0.25) is 10.1 Å². The van der Waals surface area contributed by atoms with Gasteiger partial charge in [0.2, 0.25) is 0 Å². The summed E-state index contributed by atoms with van der Waals surface area (Å²) in [5.41, 5.74) is 17.0. The van der Waals surface area contributed by atoms with Gasteiger partial charge < -0.3 is 11.5 Å². The van der Waals surface area contributed by atoms with E-state index in [0.29, 0.717) is 6.54 Å². The highest BCUT2D eigenvalue weighted by Gasteiger charge is 2.27. The average Bonchev–Trinajstić information content (AvgIpc) is 3.40. The summed E-state index contributed by atoms with van der Waals surface area (Å²) in [6.07, 6.45) is 0.808. The molecule has 0 spiro atoms. The van der Waals surface area contributed by atoms with E-state index in [9.17, 15) is 0 Å². The molecule has 6 nitrogen and oxygen atoms in total. The molecule has 5 rings (SSSR count). The highest BCUT2D eigenvalue weighted by molar-refractivity contribution is 8.15. The number of thiophene rings is 1. The molecule has 2 aromatic heterocycles. The summed E-state index contributed by atoms with van der Waals surface area (Å²) < 4.78 is 1.30. The minimum Gasteiger partial charge on any atom is -0.326 e. The quantitative estimate of drug-likeness (QED) is 0.457.